The highest BCUT2D eigenvalue weighted by Gasteiger charge is 2.32. The average Bonchev–Trinajstić information content (AvgIpc) is 2.59. The van der Waals surface area contributed by atoms with Gasteiger partial charge in [-0.15, -0.1) is 0 Å². The first-order valence-corrected chi connectivity index (χ1v) is 5.40. The number of carbonyl (C=O) groups excluding carboxylic acids is 1. The summed E-state index contributed by atoms with van der Waals surface area (Å²) in [4.78, 5) is 22.4. The molecule has 0 spiro atoms. The summed E-state index contributed by atoms with van der Waals surface area (Å²) in [7, 11) is 0. The van der Waals surface area contributed by atoms with E-state index in [0.29, 0.717) is 10.7 Å². The van der Waals surface area contributed by atoms with Gasteiger partial charge in [-0.3, -0.25) is 14.5 Å². The van der Waals surface area contributed by atoms with Crippen LogP contribution < -0.4 is 5.32 Å². The van der Waals surface area contributed by atoms with E-state index in [-0.39, 0.29) is 5.82 Å². The number of nitrogens with one attached hydrogen (secondary N) is 1. The fraction of sp³-hybridized carbons (Fsp3) is 0.500. The molecule has 112 valence electrons. The summed E-state index contributed by atoms with van der Waals surface area (Å²) in [5.41, 5.74) is 0. The van der Waals surface area contributed by atoms with Crippen LogP contribution in [0.3, 0.4) is 0 Å². The summed E-state index contributed by atoms with van der Waals surface area (Å²) < 4.78 is 41.4. The molecule has 1 amide bonds. The third-order valence-electron chi connectivity index (χ3n) is 2.02. The van der Waals surface area contributed by atoms with Crippen molar-refractivity contribution in [2.75, 3.05) is 25.0 Å². The van der Waals surface area contributed by atoms with Gasteiger partial charge in [0.1, 0.15) is 5.76 Å². The van der Waals surface area contributed by atoms with Gasteiger partial charge in [-0.05, 0) is 6.92 Å². The number of hydrogen-bond acceptors (Lipinski definition) is 5. The lowest BCUT2D eigenvalue weighted by Gasteiger charge is -2.20. The molecule has 1 aromatic heterocycles. The molecule has 20 heavy (non-hydrogen) atoms. The van der Waals surface area contributed by atoms with Gasteiger partial charge in [0.15, 0.2) is 5.82 Å². The molecular weight excluding hydrogens is 283 g/mol. The SMILES string of the molecule is Cc1cc(NC(=O)CN(CC(=O)O)CC(F)(F)F)no1. The molecule has 0 unspecified atom stereocenters. The van der Waals surface area contributed by atoms with Crippen LogP contribution in [-0.2, 0) is 9.59 Å². The second-order valence-electron chi connectivity index (χ2n) is 4.03. The van der Waals surface area contributed by atoms with Gasteiger partial charge in [-0.1, -0.05) is 5.16 Å². The smallest absolute Gasteiger partial charge is 0.401 e. The van der Waals surface area contributed by atoms with Crippen LogP contribution >= 0.6 is 0 Å². The van der Waals surface area contributed by atoms with Crippen molar-refractivity contribution in [2.45, 2.75) is 13.1 Å². The normalized spacial score (nSPS) is 11.7. The van der Waals surface area contributed by atoms with E-state index in [2.05, 4.69) is 15.0 Å². The zero-order valence-corrected chi connectivity index (χ0v) is 10.4. The third kappa shape index (κ3) is 6.18. The minimum atomic E-state index is -4.60. The van der Waals surface area contributed by atoms with Gasteiger partial charge in [0.25, 0.3) is 0 Å². The fourth-order valence-electron chi connectivity index (χ4n) is 1.42. The van der Waals surface area contributed by atoms with E-state index in [1.807, 2.05) is 0 Å². The maximum absolute atomic E-state index is 12.2. The summed E-state index contributed by atoms with van der Waals surface area (Å²) in [5.74, 6) is -1.81. The van der Waals surface area contributed by atoms with Crippen LogP contribution in [0, 0.1) is 6.92 Å². The number of nitrogens with zero attached hydrogens (tertiary/aromatic N) is 2. The Morgan fingerprint density at radius 2 is 2.10 bits per heavy atom. The predicted octanol–water partition coefficient (Wildman–Crippen LogP) is 0.870. The molecule has 0 bridgehead atoms. The Kier molecular flexibility index (Phi) is 5.08. The van der Waals surface area contributed by atoms with Gasteiger partial charge in [-0.25, -0.2) is 0 Å². The number of amides is 1. The van der Waals surface area contributed by atoms with E-state index in [1.54, 1.807) is 6.92 Å². The fourth-order valence-corrected chi connectivity index (χ4v) is 1.42. The van der Waals surface area contributed by atoms with E-state index in [9.17, 15) is 22.8 Å². The largest absolute Gasteiger partial charge is 0.480 e. The van der Waals surface area contributed by atoms with Gasteiger partial charge in [-0.2, -0.15) is 13.2 Å². The Balaban J connectivity index is 2.59. The molecule has 1 heterocycles. The van der Waals surface area contributed by atoms with Crippen LogP contribution in [0.4, 0.5) is 19.0 Å². The predicted molar refractivity (Wildman–Crippen MR) is 60.0 cm³/mol. The van der Waals surface area contributed by atoms with Crippen molar-refractivity contribution in [1.82, 2.24) is 10.1 Å². The number of alkyl halides is 3. The van der Waals surface area contributed by atoms with Crippen LogP contribution in [0.15, 0.2) is 10.6 Å². The van der Waals surface area contributed by atoms with Crippen molar-refractivity contribution in [2.24, 2.45) is 0 Å². The molecule has 0 saturated heterocycles. The molecule has 7 nitrogen and oxygen atoms in total. The molecule has 1 aromatic rings. The number of aromatic nitrogens is 1. The number of anilines is 1. The first-order chi connectivity index (χ1) is 9.15. The number of rotatable bonds is 6. The quantitative estimate of drug-likeness (QED) is 0.808. The van der Waals surface area contributed by atoms with Gasteiger partial charge < -0.3 is 14.9 Å². The van der Waals surface area contributed by atoms with Crippen LogP contribution in [0.1, 0.15) is 5.76 Å². The van der Waals surface area contributed by atoms with E-state index < -0.39 is 37.7 Å². The summed E-state index contributed by atoms with van der Waals surface area (Å²) in [6.07, 6.45) is -4.60. The Bertz CT molecular complexity index is 486. The number of halogens is 3. The standard InChI is InChI=1S/C10H12F3N3O4/c1-6-2-7(15-20-6)14-8(17)3-16(4-9(18)19)5-10(11,12)13/h2H,3-5H2,1H3,(H,18,19)(H,14,15,17). The molecule has 0 aliphatic carbocycles. The molecule has 2 N–H and O–H groups in total. The summed E-state index contributed by atoms with van der Waals surface area (Å²) in [6.45, 7) is -1.55. The molecule has 0 fully saturated rings. The molecule has 0 saturated carbocycles. The monoisotopic (exact) mass is 295 g/mol. The maximum atomic E-state index is 12.2. The Hall–Kier alpha value is -2.10. The molecule has 0 aromatic carbocycles. The maximum Gasteiger partial charge on any atom is 0.401 e. The van der Waals surface area contributed by atoms with Gasteiger partial charge in [0.2, 0.25) is 5.91 Å². The third-order valence-corrected chi connectivity index (χ3v) is 2.02. The molecule has 0 radical (unpaired) electrons. The van der Waals surface area contributed by atoms with Crippen LogP contribution in [0.5, 0.6) is 0 Å². The molecule has 0 atom stereocenters. The highest BCUT2D eigenvalue weighted by atomic mass is 19.4. The van der Waals surface area contributed by atoms with Gasteiger partial charge >= 0.3 is 12.1 Å². The summed E-state index contributed by atoms with van der Waals surface area (Å²) in [6, 6.07) is 1.38. The Labute approximate surface area is 111 Å². The highest BCUT2D eigenvalue weighted by Crippen LogP contribution is 2.16. The minimum Gasteiger partial charge on any atom is -0.480 e. The molecular formula is C10H12F3N3O4. The van der Waals surface area contributed by atoms with Crippen molar-refractivity contribution in [3.05, 3.63) is 11.8 Å². The van der Waals surface area contributed by atoms with Crippen molar-refractivity contribution in [3.8, 4) is 0 Å². The Morgan fingerprint density at radius 3 is 2.55 bits per heavy atom. The van der Waals surface area contributed by atoms with Gasteiger partial charge in [0.05, 0.1) is 19.6 Å². The number of carboxylic acids is 1. The van der Waals surface area contributed by atoms with Crippen LogP contribution in [0.2, 0.25) is 0 Å². The number of hydrogen-bond donors (Lipinski definition) is 2. The number of carbonyl (C=O) groups is 2. The number of carboxylic acid groups (broad SMARTS) is 1. The zero-order chi connectivity index (χ0) is 15.3. The molecule has 1 rings (SSSR count). The molecule has 0 aliphatic heterocycles. The number of aryl methyl sites for hydroxylation is 1. The molecule has 10 heteroatoms. The summed E-state index contributed by atoms with van der Waals surface area (Å²) in [5, 5.41) is 14.2. The first-order valence-electron chi connectivity index (χ1n) is 5.40. The van der Waals surface area contributed by atoms with Crippen molar-refractivity contribution < 1.29 is 32.4 Å². The van der Waals surface area contributed by atoms with E-state index in [0.717, 1.165) is 0 Å². The second kappa shape index (κ2) is 6.37. The summed E-state index contributed by atoms with van der Waals surface area (Å²) >= 11 is 0. The Morgan fingerprint density at radius 1 is 1.45 bits per heavy atom. The van der Waals surface area contributed by atoms with E-state index in [4.69, 9.17) is 5.11 Å². The second-order valence-corrected chi connectivity index (χ2v) is 4.03. The van der Waals surface area contributed by atoms with Crippen molar-refractivity contribution >= 4 is 17.7 Å². The minimum absolute atomic E-state index is 0.0507. The lowest BCUT2D eigenvalue weighted by Crippen LogP contribution is -2.42. The van der Waals surface area contributed by atoms with Crippen molar-refractivity contribution in [1.29, 1.82) is 0 Å². The lowest BCUT2D eigenvalue weighted by molar-refractivity contribution is -0.154. The van der Waals surface area contributed by atoms with Gasteiger partial charge in [0, 0.05) is 6.07 Å². The molecule has 0 aliphatic rings. The zero-order valence-electron chi connectivity index (χ0n) is 10.4. The van der Waals surface area contributed by atoms with Crippen molar-refractivity contribution in [3.63, 3.8) is 0 Å². The topological polar surface area (TPSA) is 95.7 Å². The van der Waals surface area contributed by atoms with E-state index >= 15 is 0 Å². The average molecular weight is 295 g/mol. The first kappa shape index (κ1) is 16.0. The lowest BCUT2D eigenvalue weighted by atomic mass is 10.4. The number of aliphatic carboxylic acids is 1. The van der Waals surface area contributed by atoms with E-state index in [1.165, 1.54) is 6.07 Å². The van der Waals surface area contributed by atoms with Crippen LogP contribution in [0.25, 0.3) is 0 Å². The highest BCUT2D eigenvalue weighted by molar-refractivity contribution is 5.91. The van der Waals surface area contributed by atoms with Crippen LogP contribution in [-0.4, -0.2) is 52.9 Å².